The summed E-state index contributed by atoms with van der Waals surface area (Å²) in [6.45, 7) is 6.18. The van der Waals surface area contributed by atoms with Crippen molar-refractivity contribution in [3.8, 4) is 0 Å². The molecule has 1 heterocycles. The van der Waals surface area contributed by atoms with Crippen LogP contribution in [0.25, 0.3) is 0 Å². The largest absolute Gasteiger partial charge is 0.349 e. The molecule has 0 radical (unpaired) electrons. The van der Waals surface area contributed by atoms with E-state index in [1.54, 1.807) is 18.3 Å². The van der Waals surface area contributed by atoms with Crippen molar-refractivity contribution in [1.82, 2.24) is 10.3 Å². The minimum absolute atomic E-state index is 0.111. The number of nitrogens with two attached hydrogens (primary N) is 1. The number of carbonyl (C=O) groups excluding carboxylic acids is 1. The molecule has 0 fully saturated rings. The van der Waals surface area contributed by atoms with Crippen LogP contribution in [-0.2, 0) is 11.3 Å². The first kappa shape index (κ1) is 13.1. The summed E-state index contributed by atoms with van der Waals surface area (Å²) in [5.74, 6) is -0.111. The average Bonchev–Trinajstić information content (AvgIpc) is 2.60. The Morgan fingerprint density at radius 1 is 1.69 bits per heavy atom. The lowest BCUT2D eigenvalue weighted by atomic mass is 9.96. The number of hydrogen-bond donors (Lipinski definition) is 2. The van der Waals surface area contributed by atoms with E-state index in [1.807, 2.05) is 19.2 Å². The molecule has 5 heteroatoms. The number of amides is 1. The molecule has 1 aromatic rings. The molecule has 1 aromatic heterocycles. The minimum Gasteiger partial charge on any atom is -0.349 e. The average molecular weight is 241 g/mol. The fourth-order valence-electron chi connectivity index (χ4n) is 1.50. The van der Waals surface area contributed by atoms with Gasteiger partial charge in [0, 0.05) is 5.38 Å². The predicted molar refractivity (Wildman–Crippen MR) is 66.2 cm³/mol. The normalized spacial score (nSPS) is 14.5. The minimum atomic E-state index is -0.778. The highest BCUT2D eigenvalue weighted by Crippen LogP contribution is 2.10. The van der Waals surface area contributed by atoms with Crippen LogP contribution in [-0.4, -0.2) is 16.4 Å². The maximum Gasteiger partial charge on any atom is 0.240 e. The zero-order valence-electron chi connectivity index (χ0n) is 10.0. The maximum atomic E-state index is 11.8. The fourth-order valence-corrected chi connectivity index (χ4v) is 2.11. The number of carbonyl (C=O) groups is 1. The highest BCUT2D eigenvalue weighted by molar-refractivity contribution is 7.09. The van der Waals surface area contributed by atoms with E-state index >= 15 is 0 Å². The Labute approximate surface area is 100 Å². The third kappa shape index (κ3) is 3.57. The summed E-state index contributed by atoms with van der Waals surface area (Å²) in [7, 11) is 0. The predicted octanol–water partition coefficient (Wildman–Crippen LogP) is 1.59. The molecule has 1 amide bonds. The summed E-state index contributed by atoms with van der Waals surface area (Å²) in [6, 6.07) is 0. The highest BCUT2D eigenvalue weighted by Gasteiger charge is 2.26. The van der Waals surface area contributed by atoms with Gasteiger partial charge in [-0.2, -0.15) is 0 Å². The summed E-state index contributed by atoms with van der Waals surface area (Å²) in [5, 5.41) is 5.77. The van der Waals surface area contributed by atoms with E-state index in [0.29, 0.717) is 13.0 Å². The Kier molecular flexibility index (Phi) is 4.44. The molecule has 0 spiro atoms. The van der Waals surface area contributed by atoms with Gasteiger partial charge in [-0.1, -0.05) is 13.3 Å². The number of aryl methyl sites for hydroxylation is 1. The third-order valence-electron chi connectivity index (χ3n) is 2.38. The van der Waals surface area contributed by atoms with E-state index in [-0.39, 0.29) is 5.91 Å². The lowest BCUT2D eigenvalue weighted by molar-refractivity contribution is -0.126. The Balaban J connectivity index is 2.46. The number of thiazole rings is 1. The maximum absolute atomic E-state index is 11.8. The van der Waals surface area contributed by atoms with Gasteiger partial charge in [-0.25, -0.2) is 4.98 Å². The summed E-state index contributed by atoms with van der Waals surface area (Å²) in [6.07, 6.45) is 1.59. The van der Waals surface area contributed by atoms with E-state index in [4.69, 9.17) is 5.73 Å². The van der Waals surface area contributed by atoms with Gasteiger partial charge in [-0.15, -0.1) is 11.3 Å². The molecule has 16 heavy (non-hydrogen) atoms. The van der Waals surface area contributed by atoms with Gasteiger partial charge >= 0.3 is 0 Å². The number of nitrogens with one attached hydrogen (secondary N) is 1. The first-order valence-corrected chi connectivity index (χ1v) is 6.32. The third-order valence-corrected chi connectivity index (χ3v) is 3.21. The number of rotatable bonds is 5. The molecular weight excluding hydrogens is 222 g/mol. The van der Waals surface area contributed by atoms with Crippen LogP contribution in [0.15, 0.2) is 5.38 Å². The molecule has 1 rings (SSSR count). The van der Waals surface area contributed by atoms with Gasteiger partial charge in [-0.05, 0) is 20.3 Å². The van der Waals surface area contributed by atoms with Crippen molar-refractivity contribution in [1.29, 1.82) is 0 Å². The van der Waals surface area contributed by atoms with E-state index in [2.05, 4.69) is 10.3 Å². The van der Waals surface area contributed by atoms with E-state index in [9.17, 15) is 4.79 Å². The number of nitrogens with zero attached hydrogens (tertiary/aromatic N) is 1. The SMILES string of the molecule is CCCC(C)(N)C(=O)NCc1csc(C)n1. The second-order valence-electron chi connectivity index (χ2n) is 4.21. The summed E-state index contributed by atoms with van der Waals surface area (Å²) >= 11 is 1.58. The van der Waals surface area contributed by atoms with Gasteiger partial charge in [0.25, 0.3) is 0 Å². The molecule has 1 atom stereocenters. The molecule has 0 bridgehead atoms. The van der Waals surface area contributed by atoms with Crippen LogP contribution in [0, 0.1) is 6.92 Å². The molecule has 0 aromatic carbocycles. The van der Waals surface area contributed by atoms with Gasteiger partial charge in [-0.3, -0.25) is 4.79 Å². The van der Waals surface area contributed by atoms with Gasteiger partial charge in [0.15, 0.2) is 0 Å². The van der Waals surface area contributed by atoms with Crippen LogP contribution in [0.4, 0.5) is 0 Å². The smallest absolute Gasteiger partial charge is 0.240 e. The van der Waals surface area contributed by atoms with Crippen LogP contribution in [0.5, 0.6) is 0 Å². The van der Waals surface area contributed by atoms with Crippen molar-refractivity contribution in [2.75, 3.05) is 0 Å². The monoisotopic (exact) mass is 241 g/mol. The molecule has 0 aliphatic carbocycles. The first-order chi connectivity index (χ1) is 7.45. The quantitative estimate of drug-likeness (QED) is 0.822. The van der Waals surface area contributed by atoms with Gasteiger partial charge in [0.05, 0.1) is 22.8 Å². The number of aromatic nitrogens is 1. The standard InChI is InChI=1S/C11H19N3OS/c1-4-5-11(3,12)10(15)13-6-9-7-16-8(2)14-9/h7H,4-6,12H2,1-3H3,(H,13,15). The Hall–Kier alpha value is -0.940. The topological polar surface area (TPSA) is 68.0 Å². The zero-order chi connectivity index (χ0) is 12.2. The van der Waals surface area contributed by atoms with Crippen LogP contribution < -0.4 is 11.1 Å². The summed E-state index contributed by atoms with van der Waals surface area (Å²) in [5.41, 5.74) is 6.02. The second kappa shape index (κ2) is 5.41. The van der Waals surface area contributed by atoms with Crippen LogP contribution >= 0.6 is 11.3 Å². The van der Waals surface area contributed by atoms with Gasteiger partial charge in [0.1, 0.15) is 0 Å². The first-order valence-electron chi connectivity index (χ1n) is 5.44. The molecule has 4 nitrogen and oxygen atoms in total. The van der Waals surface area contributed by atoms with Crippen molar-refractivity contribution >= 4 is 17.2 Å². The fraction of sp³-hybridized carbons (Fsp3) is 0.636. The Morgan fingerprint density at radius 2 is 2.38 bits per heavy atom. The van der Waals surface area contributed by atoms with Gasteiger partial charge in [0.2, 0.25) is 5.91 Å². The van der Waals surface area contributed by atoms with Crippen molar-refractivity contribution in [2.45, 2.75) is 45.7 Å². The molecule has 0 saturated carbocycles. The van der Waals surface area contributed by atoms with E-state index in [1.165, 1.54) is 0 Å². The molecule has 1 unspecified atom stereocenters. The van der Waals surface area contributed by atoms with Crippen LogP contribution in [0.1, 0.15) is 37.4 Å². The Morgan fingerprint density at radius 3 is 2.88 bits per heavy atom. The van der Waals surface area contributed by atoms with Crippen molar-refractivity contribution in [3.05, 3.63) is 16.1 Å². The highest BCUT2D eigenvalue weighted by atomic mass is 32.1. The zero-order valence-corrected chi connectivity index (χ0v) is 10.9. The summed E-state index contributed by atoms with van der Waals surface area (Å²) in [4.78, 5) is 16.0. The van der Waals surface area contributed by atoms with Crippen LogP contribution in [0.2, 0.25) is 0 Å². The lowest BCUT2D eigenvalue weighted by Gasteiger charge is -2.22. The molecular formula is C11H19N3OS. The van der Waals surface area contributed by atoms with E-state index < -0.39 is 5.54 Å². The van der Waals surface area contributed by atoms with Crippen molar-refractivity contribution in [2.24, 2.45) is 5.73 Å². The lowest BCUT2D eigenvalue weighted by Crippen LogP contribution is -2.51. The second-order valence-corrected chi connectivity index (χ2v) is 5.27. The summed E-state index contributed by atoms with van der Waals surface area (Å²) < 4.78 is 0. The molecule has 90 valence electrons. The van der Waals surface area contributed by atoms with Crippen molar-refractivity contribution < 1.29 is 4.79 Å². The van der Waals surface area contributed by atoms with Gasteiger partial charge < -0.3 is 11.1 Å². The van der Waals surface area contributed by atoms with Crippen molar-refractivity contribution in [3.63, 3.8) is 0 Å². The van der Waals surface area contributed by atoms with Crippen LogP contribution in [0.3, 0.4) is 0 Å². The Bertz CT molecular complexity index is 360. The molecule has 3 N–H and O–H groups in total. The van der Waals surface area contributed by atoms with E-state index in [0.717, 1.165) is 17.1 Å². The molecule has 0 aliphatic heterocycles. The number of hydrogen-bond acceptors (Lipinski definition) is 4. The molecule has 0 aliphatic rings. The molecule has 0 saturated heterocycles.